The van der Waals surface area contributed by atoms with Crippen LogP contribution in [-0.2, 0) is 9.59 Å². The van der Waals surface area contributed by atoms with Crippen molar-refractivity contribution in [3.63, 3.8) is 0 Å². The Morgan fingerprint density at radius 3 is 2.14 bits per heavy atom. The summed E-state index contributed by atoms with van der Waals surface area (Å²) in [4.78, 5) is 28.6. The number of carboxylic acids is 2. The Morgan fingerprint density at radius 1 is 1.21 bits per heavy atom. The van der Waals surface area contributed by atoms with Crippen molar-refractivity contribution in [1.29, 1.82) is 0 Å². The summed E-state index contributed by atoms with van der Waals surface area (Å²) in [5, 5.41) is 17.2. The molecule has 1 aromatic rings. The molecule has 0 fully saturated rings. The van der Waals surface area contributed by atoms with Crippen molar-refractivity contribution in [2.45, 2.75) is 5.92 Å². The third kappa shape index (κ3) is 2.37. The van der Waals surface area contributed by atoms with E-state index < -0.39 is 17.9 Å². The van der Waals surface area contributed by atoms with Gasteiger partial charge in [-0.2, -0.15) is 0 Å². The fourth-order valence-corrected chi connectivity index (χ4v) is 1.11. The van der Waals surface area contributed by atoms with Crippen LogP contribution >= 0.6 is 22.6 Å². The molecular formula is C7H5IN2O4. The lowest BCUT2D eigenvalue weighted by Gasteiger charge is -2.05. The molecule has 2 N–H and O–H groups in total. The van der Waals surface area contributed by atoms with E-state index in [1.165, 1.54) is 6.20 Å². The van der Waals surface area contributed by atoms with E-state index in [9.17, 15) is 9.59 Å². The highest BCUT2D eigenvalue weighted by atomic mass is 127. The monoisotopic (exact) mass is 308 g/mol. The number of carboxylic acid groups (broad SMARTS) is 2. The Bertz CT molecular complexity index is 350. The SMILES string of the molecule is O=C(O)C(C(=O)O)c1cnc(I)cn1. The number of aromatic nitrogens is 2. The molecule has 0 saturated heterocycles. The van der Waals surface area contributed by atoms with E-state index in [1.54, 1.807) is 0 Å². The second-order valence-corrected chi connectivity index (χ2v) is 3.48. The van der Waals surface area contributed by atoms with Crippen LogP contribution in [0, 0.1) is 3.70 Å². The van der Waals surface area contributed by atoms with Gasteiger partial charge < -0.3 is 10.2 Å². The quantitative estimate of drug-likeness (QED) is 0.617. The molecule has 0 aromatic carbocycles. The average molecular weight is 308 g/mol. The molecule has 0 aliphatic rings. The predicted octanol–water partition coefficient (Wildman–Crippen LogP) is 0.334. The molecule has 1 heterocycles. The van der Waals surface area contributed by atoms with Crippen molar-refractivity contribution in [3.8, 4) is 0 Å². The van der Waals surface area contributed by atoms with Gasteiger partial charge in [-0.15, -0.1) is 0 Å². The molecule has 0 aliphatic carbocycles. The fraction of sp³-hybridized carbons (Fsp3) is 0.143. The highest BCUT2D eigenvalue weighted by Crippen LogP contribution is 2.13. The number of nitrogens with zero attached hydrogens (tertiary/aromatic N) is 2. The third-order valence-corrected chi connectivity index (χ3v) is 1.99. The van der Waals surface area contributed by atoms with Gasteiger partial charge in [-0.05, 0) is 22.6 Å². The Labute approximate surface area is 92.1 Å². The Kier molecular flexibility index (Phi) is 3.33. The number of carbonyl (C=O) groups is 2. The summed E-state index contributed by atoms with van der Waals surface area (Å²) in [6, 6.07) is 0. The number of hydrogen-bond acceptors (Lipinski definition) is 4. The van der Waals surface area contributed by atoms with Gasteiger partial charge in [0.1, 0.15) is 3.70 Å². The third-order valence-electron chi connectivity index (χ3n) is 1.43. The van der Waals surface area contributed by atoms with Crippen LogP contribution in [-0.4, -0.2) is 32.1 Å². The van der Waals surface area contributed by atoms with Crippen molar-refractivity contribution in [1.82, 2.24) is 9.97 Å². The maximum absolute atomic E-state index is 10.6. The molecule has 0 atom stereocenters. The summed E-state index contributed by atoms with van der Waals surface area (Å²) in [6.07, 6.45) is 2.46. The summed E-state index contributed by atoms with van der Waals surface area (Å²) in [7, 11) is 0. The summed E-state index contributed by atoms with van der Waals surface area (Å²) >= 11 is 1.89. The molecule has 0 spiro atoms. The Hall–Kier alpha value is -1.25. The lowest BCUT2D eigenvalue weighted by molar-refractivity contribution is -0.150. The predicted molar refractivity (Wildman–Crippen MR) is 52.8 cm³/mol. The Morgan fingerprint density at radius 2 is 1.79 bits per heavy atom. The molecule has 0 saturated carbocycles. The molecule has 0 radical (unpaired) electrons. The van der Waals surface area contributed by atoms with Gasteiger partial charge in [0.15, 0.2) is 5.92 Å². The Balaban J connectivity index is 3.06. The summed E-state index contributed by atoms with van der Waals surface area (Å²) in [6.45, 7) is 0. The van der Waals surface area contributed by atoms with Crippen molar-refractivity contribution >= 4 is 34.5 Å². The molecule has 6 nitrogen and oxygen atoms in total. The topological polar surface area (TPSA) is 100 Å². The van der Waals surface area contributed by atoms with E-state index in [1.807, 2.05) is 22.6 Å². The van der Waals surface area contributed by atoms with E-state index in [0.29, 0.717) is 3.70 Å². The average Bonchev–Trinajstić information content (AvgIpc) is 2.07. The van der Waals surface area contributed by atoms with E-state index in [0.717, 1.165) is 6.20 Å². The number of aliphatic carboxylic acids is 2. The van der Waals surface area contributed by atoms with E-state index in [-0.39, 0.29) is 5.69 Å². The second kappa shape index (κ2) is 4.31. The van der Waals surface area contributed by atoms with Crippen molar-refractivity contribution in [3.05, 3.63) is 21.8 Å². The van der Waals surface area contributed by atoms with Crippen LogP contribution in [0.2, 0.25) is 0 Å². The van der Waals surface area contributed by atoms with Crippen LogP contribution in [0.4, 0.5) is 0 Å². The van der Waals surface area contributed by atoms with Crippen LogP contribution in [0.1, 0.15) is 11.6 Å². The van der Waals surface area contributed by atoms with Gasteiger partial charge in [0.2, 0.25) is 0 Å². The van der Waals surface area contributed by atoms with Crippen molar-refractivity contribution in [2.24, 2.45) is 0 Å². The standard InChI is InChI=1S/C7H5IN2O4/c8-4-2-9-3(1-10-4)5(6(11)12)7(13)14/h1-2,5H,(H,11,12)(H,13,14). The smallest absolute Gasteiger partial charge is 0.324 e. The molecular weight excluding hydrogens is 303 g/mol. The molecule has 0 aliphatic heterocycles. The zero-order valence-corrected chi connectivity index (χ0v) is 8.87. The number of halogens is 1. The van der Waals surface area contributed by atoms with Gasteiger partial charge in [-0.25, -0.2) is 4.98 Å². The first-order chi connectivity index (χ1) is 6.52. The van der Waals surface area contributed by atoms with Crippen LogP contribution in [0.3, 0.4) is 0 Å². The lowest BCUT2D eigenvalue weighted by Crippen LogP contribution is -2.22. The first-order valence-corrected chi connectivity index (χ1v) is 4.53. The zero-order valence-electron chi connectivity index (χ0n) is 6.72. The van der Waals surface area contributed by atoms with Gasteiger partial charge >= 0.3 is 11.9 Å². The summed E-state index contributed by atoms with van der Waals surface area (Å²) < 4.78 is 0.570. The van der Waals surface area contributed by atoms with Gasteiger partial charge in [0, 0.05) is 0 Å². The zero-order chi connectivity index (χ0) is 10.7. The van der Waals surface area contributed by atoms with E-state index in [2.05, 4.69) is 9.97 Å². The van der Waals surface area contributed by atoms with Crippen LogP contribution < -0.4 is 0 Å². The molecule has 1 rings (SSSR count). The van der Waals surface area contributed by atoms with Gasteiger partial charge in [-0.3, -0.25) is 14.6 Å². The minimum atomic E-state index is -1.65. The second-order valence-electron chi connectivity index (χ2n) is 2.37. The maximum Gasteiger partial charge on any atom is 0.324 e. The van der Waals surface area contributed by atoms with Gasteiger partial charge in [0.05, 0.1) is 18.1 Å². The highest BCUT2D eigenvalue weighted by molar-refractivity contribution is 14.1. The van der Waals surface area contributed by atoms with Crippen LogP contribution in [0.25, 0.3) is 0 Å². The molecule has 0 unspecified atom stereocenters. The van der Waals surface area contributed by atoms with Crippen LogP contribution in [0.15, 0.2) is 12.4 Å². The largest absolute Gasteiger partial charge is 0.480 e. The maximum atomic E-state index is 10.6. The van der Waals surface area contributed by atoms with Gasteiger partial charge in [0.25, 0.3) is 0 Å². The van der Waals surface area contributed by atoms with Crippen molar-refractivity contribution < 1.29 is 19.8 Å². The lowest BCUT2D eigenvalue weighted by atomic mass is 10.1. The number of hydrogen-bond donors (Lipinski definition) is 2. The molecule has 0 bridgehead atoms. The van der Waals surface area contributed by atoms with E-state index in [4.69, 9.17) is 10.2 Å². The first kappa shape index (κ1) is 10.8. The molecule has 7 heteroatoms. The fourth-order valence-electron chi connectivity index (χ4n) is 0.830. The molecule has 74 valence electrons. The minimum absolute atomic E-state index is 0.0783. The first-order valence-electron chi connectivity index (χ1n) is 3.45. The molecule has 1 aromatic heterocycles. The van der Waals surface area contributed by atoms with Crippen LogP contribution in [0.5, 0.6) is 0 Å². The highest BCUT2D eigenvalue weighted by Gasteiger charge is 2.29. The van der Waals surface area contributed by atoms with Gasteiger partial charge in [-0.1, -0.05) is 0 Å². The normalized spacial score (nSPS) is 10.1. The molecule has 14 heavy (non-hydrogen) atoms. The molecule has 0 amide bonds. The van der Waals surface area contributed by atoms with E-state index >= 15 is 0 Å². The van der Waals surface area contributed by atoms with Crippen molar-refractivity contribution in [2.75, 3.05) is 0 Å². The minimum Gasteiger partial charge on any atom is -0.480 e. The summed E-state index contributed by atoms with van der Waals surface area (Å²) in [5.74, 6) is -4.56. The number of rotatable bonds is 3. The summed E-state index contributed by atoms with van der Waals surface area (Å²) in [5.41, 5.74) is -0.0783.